The number of carbonyl (C=O) groups is 1. The number of para-hydroxylation sites is 3. The van der Waals surface area contributed by atoms with Gasteiger partial charge in [-0.25, -0.2) is 0 Å². The minimum absolute atomic E-state index is 0.0153. The number of hydrogen-bond donors (Lipinski definition) is 2. The molecule has 3 aromatic carbocycles. The van der Waals surface area contributed by atoms with E-state index in [9.17, 15) is 20.1 Å². The van der Waals surface area contributed by atoms with Gasteiger partial charge in [0.05, 0.1) is 11.2 Å². The highest BCUT2D eigenvalue weighted by Gasteiger charge is 2.37. The molecule has 2 N–H and O–H groups in total. The third-order valence-electron chi connectivity index (χ3n) is 4.50. The second-order valence-corrected chi connectivity index (χ2v) is 6.01. The Morgan fingerprint density at radius 2 is 1.23 bits per heavy atom. The summed E-state index contributed by atoms with van der Waals surface area (Å²) in [4.78, 5) is 11.0. The zero-order chi connectivity index (χ0) is 18.7. The van der Waals surface area contributed by atoms with Crippen LogP contribution >= 0.6 is 0 Å². The summed E-state index contributed by atoms with van der Waals surface area (Å²) in [7, 11) is 0. The van der Waals surface area contributed by atoms with Gasteiger partial charge in [0, 0.05) is 11.1 Å². The average Bonchev–Trinajstić information content (AvgIpc) is 2.62. The molecule has 0 heterocycles. The minimum atomic E-state index is -1.69. The Bertz CT molecular complexity index is 903. The predicted octanol–water partition coefficient (Wildman–Crippen LogP) is 3.17. The summed E-state index contributed by atoms with van der Waals surface area (Å²) in [6.45, 7) is 1.79. The molecule has 26 heavy (non-hydrogen) atoms. The van der Waals surface area contributed by atoms with E-state index >= 15 is 0 Å². The molecule has 0 unspecified atom stereocenters. The highest BCUT2D eigenvalue weighted by molar-refractivity contribution is 5.65. The molecule has 0 aliphatic carbocycles. The van der Waals surface area contributed by atoms with Crippen LogP contribution in [0.5, 0.6) is 17.2 Å². The third kappa shape index (κ3) is 2.95. The smallest absolute Gasteiger partial charge is 0.257 e. The van der Waals surface area contributed by atoms with Gasteiger partial charge in [0.25, 0.3) is 6.16 Å². The van der Waals surface area contributed by atoms with Crippen molar-refractivity contribution in [3.05, 3.63) is 89.5 Å². The number of phenols is 2. The van der Waals surface area contributed by atoms with E-state index in [1.165, 1.54) is 18.2 Å². The summed E-state index contributed by atoms with van der Waals surface area (Å²) >= 11 is 0. The lowest BCUT2D eigenvalue weighted by molar-refractivity contribution is -0.271. The number of carbonyl (C=O) groups excluding carboxylic acids is 1. The van der Waals surface area contributed by atoms with E-state index in [-0.39, 0.29) is 17.2 Å². The first-order valence-electron chi connectivity index (χ1n) is 8.00. The lowest BCUT2D eigenvalue weighted by Crippen LogP contribution is -2.30. The van der Waals surface area contributed by atoms with Crippen LogP contribution in [0.3, 0.4) is 0 Å². The van der Waals surface area contributed by atoms with Crippen LogP contribution in [0.1, 0.15) is 23.6 Å². The molecule has 0 aliphatic rings. The van der Waals surface area contributed by atoms with E-state index in [2.05, 4.69) is 0 Å². The van der Waals surface area contributed by atoms with Crippen LogP contribution in [-0.2, 0) is 5.41 Å². The number of phenolic OH excluding ortho intramolecular Hbond substituents is 2. The Morgan fingerprint density at radius 3 is 1.69 bits per heavy atom. The Morgan fingerprint density at radius 1 is 0.808 bits per heavy atom. The monoisotopic (exact) mass is 349 g/mol. The van der Waals surface area contributed by atoms with E-state index in [1.807, 2.05) is 0 Å². The molecule has 0 saturated carbocycles. The van der Waals surface area contributed by atoms with E-state index < -0.39 is 11.6 Å². The predicted molar refractivity (Wildman–Crippen MR) is 94.2 cm³/mol. The maximum atomic E-state index is 11.0. The molecule has 5 nitrogen and oxygen atoms in total. The first-order valence-corrected chi connectivity index (χ1v) is 8.00. The van der Waals surface area contributed by atoms with Crippen LogP contribution in [0.2, 0.25) is 0 Å². The van der Waals surface area contributed by atoms with Crippen LogP contribution in [0.4, 0.5) is 4.79 Å². The van der Waals surface area contributed by atoms with Crippen molar-refractivity contribution in [3.63, 3.8) is 0 Å². The molecule has 0 bridgehead atoms. The van der Waals surface area contributed by atoms with Crippen LogP contribution in [-0.4, -0.2) is 16.4 Å². The van der Waals surface area contributed by atoms with Crippen molar-refractivity contribution in [1.82, 2.24) is 0 Å². The molecule has 3 rings (SSSR count). The standard InChI is InChI=1S/C21H18O5/c1-21(14-8-2-5-11-17(14)22,15-9-3-6-12-18(15)23)16-10-4-7-13-19(16)26-20(24)25/h2-13,22-23H,1H3,(H,24,25)/p-1. The maximum absolute atomic E-state index is 11.0. The molecule has 0 aromatic heterocycles. The van der Waals surface area contributed by atoms with Crippen molar-refractivity contribution in [1.29, 1.82) is 0 Å². The van der Waals surface area contributed by atoms with E-state index in [1.54, 1.807) is 61.5 Å². The molecule has 0 atom stereocenters. The lowest BCUT2D eigenvalue weighted by Gasteiger charge is -2.34. The quantitative estimate of drug-likeness (QED) is 0.429. The molecule has 0 amide bonds. The van der Waals surface area contributed by atoms with Crippen LogP contribution in [0.15, 0.2) is 72.8 Å². The van der Waals surface area contributed by atoms with Crippen molar-refractivity contribution in [2.24, 2.45) is 0 Å². The molecule has 5 heteroatoms. The molecule has 0 aliphatic heterocycles. The molecule has 0 saturated heterocycles. The van der Waals surface area contributed by atoms with Crippen LogP contribution < -0.4 is 9.84 Å². The highest BCUT2D eigenvalue weighted by Crippen LogP contribution is 2.48. The zero-order valence-corrected chi connectivity index (χ0v) is 14.0. The van der Waals surface area contributed by atoms with Gasteiger partial charge in [-0.1, -0.05) is 54.6 Å². The van der Waals surface area contributed by atoms with E-state index in [0.717, 1.165) is 0 Å². The molecule has 132 valence electrons. The van der Waals surface area contributed by atoms with Gasteiger partial charge in [0.15, 0.2) is 0 Å². The van der Waals surface area contributed by atoms with E-state index in [4.69, 9.17) is 4.74 Å². The van der Waals surface area contributed by atoms with Crippen molar-refractivity contribution >= 4 is 6.16 Å². The van der Waals surface area contributed by atoms with Gasteiger partial charge in [-0.3, -0.25) is 0 Å². The number of benzene rings is 3. The van der Waals surface area contributed by atoms with Crippen LogP contribution in [0.25, 0.3) is 0 Å². The zero-order valence-electron chi connectivity index (χ0n) is 14.0. The first-order chi connectivity index (χ1) is 12.4. The fourth-order valence-corrected chi connectivity index (χ4v) is 3.29. The largest absolute Gasteiger partial charge is 0.514 e. The number of aromatic hydroxyl groups is 2. The van der Waals surface area contributed by atoms with Gasteiger partial charge in [-0.15, -0.1) is 0 Å². The Labute approximate surface area is 150 Å². The summed E-state index contributed by atoms with van der Waals surface area (Å²) in [5, 5.41) is 32.0. The Balaban J connectivity index is 2.36. The minimum Gasteiger partial charge on any atom is -0.514 e. The second-order valence-electron chi connectivity index (χ2n) is 6.01. The van der Waals surface area contributed by atoms with Gasteiger partial charge >= 0.3 is 0 Å². The van der Waals surface area contributed by atoms with Gasteiger partial charge in [-0.05, 0) is 30.7 Å². The summed E-state index contributed by atoms with van der Waals surface area (Å²) in [5.41, 5.74) is 0.377. The molecular weight excluding hydrogens is 332 g/mol. The average molecular weight is 349 g/mol. The Kier molecular flexibility index (Phi) is 4.54. The Hall–Kier alpha value is -3.47. The van der Waals surface area contributed by atoms with Gasteiger partial charge in [-0.2, -0.15) is 0 Å². The molecule has 0 fully saturated rings. The van der Waals surface area contributed by atoms with Gasteiger partial charge in [0.2, 0.25) is 0 Å². The molecule has 0 radical (unpaired) electrons. The van der Waals surface area contributed by atoms with Crippen molar-refractivity contribution in [2.75, 3.05) is 0 Å². The number of rotatable bonds is 4. The van der Waals surface area contributed by atoms with Gasteiger partial charge in [0.1, 0.15) is 11.5 Å². The highest BCUT2D eigenvalue weighted by atomic mass is 16.7. The third-order valence-corrected chi connectivity index (χ3v) is 4.50. The molecule has 3 aromatic rings. The summed E-state index contributed by atoms with van der Waals surface area (Å²) in [6, 6.07) is 20.0. The topological polar surface area (TPSA) is 89.8 Å². The summed E-state index contributed by atoms with van der Waals surface area (Å²) < 4.78 is 4.86. The fourth-order valence-electron chi connectivity index (χ4n) is 3.29. The number of carboxylic acid groups (broad SMARTS) is 1. The number of hydrogen-bond acceptors (Lipinski definition) is 5. The van der Waals surface area contributed by atoms with E-state index in [0.29, 0.717) is 16.7 Å². The summed E-state index contributed by atoms with van der Waals surface area (Å²) in [6.07, 6.45) is -1.69. The normalized spacial score (nSPS) is 11.1. The van der Waals surface area contributed by atoms with Crippen molar-refractivity contribution < 1.29 is 24.9 Å². The van der Waals surface area contributed by atoms with Gasteiger partial charge < -0.3 is 24.9 Å². The lowest BCUT2D eigenvalue weighted by atomic mass is 9.70. The number of ether oxygens (including phenoxy) is 1. The van der Waals surface area contributed by atoms with Crippen LogP contribution in [0, 0.1) is 0 Å². The molecule has 0 spiro atoms. The van der Waals surface area contributed by atoms with Crippen molar-refractivity contribution in [2.45, 2.75) is 12.3 Å². The second kappa shape index (κ2) is 6.80. The first kappa shape index (κ1) is 17.4. The summed E-state index contributed by atoms with van der Waals surface area (Å²) in [5.74, 6) is 0.101. The van der Waals surface area contributed by atoms with Crippen molar-refractivity contribution in [3.8, 4) is 17.2 Å². The fraction of sp³-hybridized carbons (Fsp3) is 0.0952. The SMILES string of the molecule is CC(c1ccccc1O)(c1ccccc1O)c1ccccc1OC(=O)[O-]. The molecular formula is C21H17O5-. The maximum Gasteiger partial charge on any atom is 0.257 e.